The lowest BCUT2D eigenvalue weighted by Gasteiger charge is -2.15. The Labute approximate surface area is 169 Å². The van der Waals surface area contributed by atoms with Gasteiger partial charge in [-0.05, 0) is 23.4 Å². The van der Waals surface area contributed by atoms with Crippen molar-refractivity contribution in [1.29, 1.82) is 0 Å². The van der Waals surface area contributed by atoms with Gasteiger partial charge in [-0.2, -0.15) is 13.2 Å². The van der Waals surface area contributed by atoms with Crippen LogP contribution in [0.3, 0.4) is 0 Å². The van der Waals surface area contributed by atoms with Crippen LogP contribution in [-0.2, 0) is 13.2 Å². The van der Waals surface area contributed by atoms with Crippen LogP contribution < -0.4 is 16.0 Å². The van der Waals surface area contributed by atoms with Gasteiger partial charge >= 0.3 is 11.9 Å². The van der Waals surface area contributed by atoms with Gasteiger partial charge in [-0.3, -0.25) is 9.36 Å². The molecule has 1 aromatic heterocycles. The van der Waals surface area contributed by atoms with Crippen LogP contribution in [0.15, 0.2) is 57.2 Å². The van der Waals surface area contributed by atoms with Crippen LogP contribution in [0.25, 0.3) is 5.69 Å². The Kier molecular flexibility index (Phi) is 5.49. The van der Waals surface area contributed by atoms with E-state index in [0.717, 1.165) is 13.1 Å². The molecule has 0 radical (unpaired) electrons. The summed E-state index contributed by atoms with van der Waals surface area (Å²) in [6.07, 6.45) is -4.97. The molecule has 0 aliphatic rings. The van der Waals surface area contributed by atoms with Gasteiger partial charge in [-0.25, -0.2) is 13.8 Å². The van der Waals surface area contributed by atoms with Crippen LogP contribution in [-0.4, -0.2) is 9.13 Å². The lowest BCUT2D eigenvalue weighted by molar-refractivity contribution is -0.144. The first-order chi connectivity index (χ1) is 14.0. The normalized spacial score (nSPS) is 11.4. The number of nitroso groups, excluding NO2 is 1. The largest absolute Gasteiger partial charge is 0.453 e. The Morgan fingerprint density at radius 2 is 1.73 bits per heavy atom. The van der Waals surface area contributed by atoms with Gasteiger partial charge in [0.15, 0.2) is 11.4 Å². The Morgan fingerprint density at radius 3 is 2.37 bits per heavy atom. The Balaban J connectivity index is 2.20. The summed E-state index contributed by atoms with van der Waals surface area (Å²) in [5, 5.41) is 2.48. The van der Waals surface area contributed by atoms with Crippen molar-refractivity contribution in [1.82, 2.24) is 9.13 Å². The molecule has 7 nitrogen and oxygen atoms in total. The third-order valence-corrected chi connectivity index (χ3v) is 4.33. The minimum atomic E-state index is -4.97. The number of halogens is 5. The van der Waals surface area contributed by atoms with Crippen molar-refractivity contribution in [3.8, 4) is 17.2 Å². The number of alkyl halides is 3. The van der Waals surface area contributed by atoms with Crippen LogP contribution in [0.5, 0.6) is 11.5 Å². The zero-order valence-electron chi connectivity index (χ0n) is 14.9. The molecule has 156 valence electrons. The van der Waals surface area contributed by atoms with Gasteiger partial charge in [-0.1, -0.05) is 23.7 Å². The SMILES string of the molecule is Cn1c(C(F)(F)F)cc(=O)n(-c2cc(Oc3ccccc3N=O)c(Cl)cc2F)c1=O. The van der Waals surface area contributed by atoms with Crippen LogP contribution in [0, 0.1) is 10.7 Å². The zero-order valence-corrected chi connectivity index (χ0v) is 15.7. The molecule has 0 saturated carbocycles. The topological polar surface area (TPSA) is 82.7 Å². The van der Waals surface area contributed by atoms with Gasteiger partial charge in [0.2, 0.25) is 0 Å². The number of hydrogen-bond donors (Lipinski definition) is 0. The van der Waals surface area contributed by atoms with E-state index >= 15 is 0 Å². The molecular formula is C18H10ClF4N3O4. The van der Waals surface area contributed by atoms with Crippen LogP contribution in [0.1, 0.15) is 5.69 Å². The van der Waals surface area contributed by atoms with Crippen molar-refractivity contribution in [2.75, 3.05) is 0 Å². The smallest absolute Gasteiger partial charge is 0.431 e. The molecule has 30 heavy (non-hydrogen) atoms. The highest BCUT2D eigenvalue weighted by Gasteiger charge is 2.35. The summed E-state index contributed by atoms with van der Waals surface area (Å²) in [6.45, 7) is 0. The maximum absolute atomic E-state index is 14.5. The van der Waals surface area contributed by atoms with Crippen molar-refractivity contribution < 1.29 is 22.3 Å². The summed E-state index contributed by atoms with van der Waals surface area (Å²) in [6, 6.07) is 7.45. The van der Waals surface area contributed by atoms with Gasteiger partial charge < -0.3 is 4.74 Å². The third kappa shape index (κ3) is 3.83. The summed E-state index contributed by atoms with van der Waals surface area (Å²) in [5.74, 6) is -1.48. The number of benzene rings is 2. The average molecular weight is 444 g/mol. The molecule has 0 aliphatic heterocycles. The number of para-hydroxylation sites is 1. The second kappa shape index (κ2) is 7.75. The van der Waals surface area contributed by atoms with E-state index in [1.807, 2.05) is 0 Å². The molecule has 12 heteroatoms. The van der Waals surface area contributed by atoms with E-state index in [9.17, 15) is 32.1 Å². The van der Waals surface area contributed by atoms with Crippen LogP contribution in [0.2, 0.25) is 5.02 Å². The van der Waals surface area contributed by atoms with E-state index in [1.54, 1.807) is 0 Å². The van der Waals surface area contributed by atoms with Crippen molar-refractivity contribution in [2.24, 2.45) is 12.2 Å². The highest BCUT2D eigenvalue weighted by molar-refractivity contribution is 6.32. The second-order valence-electron chi connectivity index (χ2n) is 5.94. The molecule has 0 fully saturated rings. The highest BCUT2D eigenvalue weighted by Crippen LogP contribution is 2.36. The van der Waals surface area contributed by atoms with Gasteiger partial charge in [0.05, 0.1) is 10.7 Å². The fraction of sp³-hybridized carbons (Fsp3) is 0.111. The predicted octanol–water partition coefficient (Wildman–Crippen LogP) is 4.54. The number of nitrogens with zero attached hydrogens (tertiary/aromatic N) is 3. The summed E-state index contributed by atoms with van der Waals surface area (Å²) in [7, 11) is 0.790. The van der Waals surface area contributed by atoms with E-state index in [-0.39, 0.29) is 37.4 Å². The molecule has 0 aliphatic carbocycles. The Bertz CT molecular complexity index is 1270. The van der Waals surface area contributed by atoms with Crippen molar-refractivity contribution in [3.63, 3.8) is 0 Å². The maximum atomic E-state index is 14.5. The first-order valence-electron chi connectivity index (χ1n) is 8.04. The minimum absolute atomic E-state index is 0.0559. The predicted molar refractivity (Wildman–Crippen MR) is 99.2 cm³/mol. The van der Waals surface area contributed by atoms with Gasteiger partial charge in [0.25, 0.3) is 5.56 Å². The molecule has 3 rings (SSSR count). The maximum Gasteiger partial charge on any atom is 0.431 e. The summed E-state index contributed by atoms with van der Waals surface area (Å²) >= 11 is 5.94. The summed E-state index contributed by atoms with van der Waals surface area (Å²) < 4.78 is 59.3. The summed E-state index contributed by atoms with van der Waals surface area (Å²) in [5.41, 5.74) is -5.14. The van der Waals surface area contributed by atoms with Gasteiger partial charge in [-0.15, -0.1) is 4.91 Å². The monoisotopic (exact) mass is 443 g/mol. The molecule has 1 heterocycles. The van der Waals surface area contributed by atoms with Crippen molar-refractivity contribution >= 4 is 17.3 Å². The molecule has 0 amide bonds. The molecular weight excluding hydrogens is 434 g/mol. The molecule has 0 bridgehead atoms. The van der Waals surface area contributed by atoms with E-state index in [1.165, 1.54) is 24.3 Å². The van der Waals surface area contributed by atoms with Gasteiger partial charge in [0, 0.05) is 19.2 Å². The van der Waals surface area contributed by atoms with Crippen LogP contribution in [0.4, 0.5) is 23.2 Å². The number of aromatic nitrogens is 2. The average Bonchev–Trinajstić information content (AvgIpc) is 2.67. The van der Waals surface area contributed by atoms with Crippen molar-refractivity contribution in [2.45, 2.75) is 6.18 Å². The molecule has 0 atom stereocenters. The summed E-state index contributed by atoms with van der Waals surface area (Å²) in [4.78, 5) is 35.5. The van der Waals surface area contributed by atoms with E-state index in [2.05, 4.69) is 5.18 Å². The molecule has 0 spiro atoms. The third-order valence-electron chi connectivity index (χ3n) is 4.04. The first-order valence-corrected chi connectivity index (χ1v) is 8.42. The number of hydrogen-bond acceptors (Lipinski definition) is 5. The molecule has 2 aromatic carbocycles. The highest BCUT2D eigenvalue weighted by atomic mass is 35.5. The Morgan fingerprint density at radius 1 is 1.07 bits per heavy atom. The minimum Gasteiger partial charge on any atom is -0.453 e. The first kappa shape index (κ1) is 21.2. The Hall–Kier alpha value is -3.47. The molecule has 0 saturated heterocycles. The lowest BCUT2D eigenvalue weighted by Crippen LogP contribution is -2.41. The lowest BCUT2D eigenvalue weighted by atomic mass is 10.2. The second-order valence-corrected chi connectivity index (χ2v) is 6.34. The quantitative estimate of drug-likeness (QED) is 0.438. The standard InChI is InChI=1S/C18H10ClF4N3O4/c1-25-15(18(21,22)23)8-16(27)26(17(25)28)12-7-14(9(19)6-10(12)20)30-13-5-3-2-4-11(13)24-29/h2-8H,1H3. The molecule has 0 unspecified atom stereocenters. The van der Waals surface area contributed by atoms with Gasteiger partial charge in [0.1, 0.15) is 17.3 Å². The number of ether oxygens (including phenoxy) is 1. The van der Waals surface area contributed by atoms with E-state index in [4.69, 9.17) is 16.3 Å². The molecule has 3 aromatic rings. The van der Waals surface area contributed by atoms with Crippen LogP contribution >= 0.6 is 11.6 Å². The molecule has 0 N–H and O–H groups in total. The fourth-order valence-electron chi connectivity index (χ4n) is 2.62. The number of rotatable bonds is 4. The van der Waals surface area contributed by atoms with E-state index < -0.39 is 34.6 Å². The van der Waals surface area contributed by atoms with E-state index in [0.29, 0.717) is 6.07 Å². The zero-order chi connectivity index (χ0) is 22.2. The fourth-order valence-corrected chi connectivity index (χ4v) is 2.81. The van der Waals surface area contributed by atoms with Crippen molar-refractivity contribution in [3.05, 3.63) is 84.7 Å².